The second-order valence-corrected chi connectivity index (χ2v) is 16.4. The molecule has 0 aromatic heterocycles. The van der Waals surface area contributed by atoms with E-state index in [9.17, 15) is 14.7 Å². The van der Waals surface area contributed by atoms with E-state index in [4.69, 9.17) is 42.1 Å². The van der Waals surface area contributed by atoms with Crippen LogP contribution in [0.5, 0.6) is 23.0 Å². The van der Waals surface area contributed by atoms with E-state index in [1.54, 1.807) is 48.5 Å². The molecule has 1 saturated carbocycles. The lowest BCUT2D eigenvalue weighted by atomic mass is 9.49. The van der Waals surface area contributed by atoms with Crippen molar-refractivity contribution in [2.24, 2.45) is 23.7 Å². The first kappa shape index (κ1) is 39.7. The number of anilines is 3. The quantitative estimate of drug-likeness (QED) is 0.136. The van der Waals surface area contributed by atoms with Crippen molar-refractivity contribution in [2.75, 3.05) is 62.9 Å². The number of hydrogen-bond acceptors (Lipinski definition) is 11. The molecule has 3 saturated heterocycles. The zero-order valence-corrected chi connectivity index (χ0v) is 34.5. The van der Waals surface area contributed by atoms with Gasteiger partial charge in [0.2, 0.25) is 11.8 Å². The van der Waals surface area contributed by atoms with Gasteiger partial charge in [0.25, 0.3) is 11.8 Å². The van der Waals surface area contributed by atoms with Crippen LogP contribution in [0.1, 0.15) is 29.9 Å². The molecule has 0 bridgehead atoms. The second-order valence-electron chi connectivity index (χ2n) is 15.6. The zero-order chi connectivity index (χ0) is 42.0. The predicted octanol–water partition coefficient (Wildman–Crippen LogP) is 6.75. The number of phenolic OH excluding ortho intramolecular Hbond substituents is 1. The highest BCUT2D eigenvalue weighted by atomic mass is 35.5. The van der Waals surface area contributed by atoms with Gasteiger partial charge in [0, 0.05) is 47.4 Å². The molecule has 15 heteroatoms. The molecule has 4 aromatic carbocycles. The molecule has 3 aliphatic heterocycles. The molecule has 9 rings (SSSR count). The van der Waals surface area contributed by atoms with Crippen LogP contribution in [0.2, 0.25) is 10.0 Å². The number of aromatic hydroxyl groups is 1. The van der Waals surface area contributed by atoms with E-state index in [1.165, 1.54) is 44.4 Å². The molecule has 60 heavy (non-hydrogen) atoms. The Kier molecular flexibility index (Phi) is 10.2. The number of nitrogens with zero attached hydrogens (tertiary/aromatic N) is 3. The van der Waals surface area contributed by atoms with E-state index in [-0.39, 0.29) is 52.6 Å². The minimum Gasteiger partial charge on any atom is -0.508 e. The number of carbonyl (C=O) groups excluding carboxylic acids is 4. The molecule has 6 unspecified atom stereocenters. The summed E-state index contributed by atoms with van der Waals surface area (Å²) >= 11 is 12.8. The minimum absolute atomic E-state index is 0.0537. The first-order valence-electron chi connectivity index (χ1n) is 19.7. The third-order valence-electron chi connectivity index (χ3n) is 12.9. The summed E-state index contributed by atoms with van der Waals surface area (Å²) in [7, 11) is 4.42. The number of nitrogens with one attached hydrogen (secondary N) is 1. The van der Waals surface area contributed by atoms with Crippen molar-refractivity contribution in [1.82, 2.24) is 5.01 Å². The molecule has 0 radical (unpaired) electrons. The number of benzene rings is 4. The highest BCUT2D eigenvalue weighted by molar-refractivity contribution is 6.36. The van der Waals surface area contributed by atoms with Crippen molar-refractivity contribution in [3.05, 3.63) is 112 Å². The Morgan fingerprint density at radius 2 is 1.45 bits per heavy atom. The first-order valence-corrected chi connectivity index (χ1v) is 20.5. The lowest BCUT2D eigenvalue weighted by Gasteiger charge is -2.51. The number of imide groups is 2. The average Bonchev–Trinajstić information content (AvgIpc) is 3.65. The summed E-state index contributed by atoms with van der Waals surface area (Å²) in [6.45, 7) is 2.70. The van der Waals surface area contributed by atoms with E-state index in [0.29, 0.717) is 46.4 Å². The van der Waals surface area contributed by atoms with Gasteiger partial charge in [-0.25, -0.2) is 0 Å². The number of phenols is 1. The number of morpholine rings is 1. The summed E-state index contributed by atoms with van der Waals surface area (Å²) < 4.78 is 22.9. The van der Waals surface area contributed by atoms with Gasteiger partial charge in [-0.2, -0.15) is 5.01 Å². The Balaban J connectivity index is 1.22. The van der Waals surface area contributed by atoms with Crippen LogP contribution < -0.4 is 29.4 Å². The molecule has 3 heterocycles. The molecule has 0 spiro atoms. The Morgan fingerprint density at radius 3 is 2.08 bits per heavy atom. The van der Waals surface area contributed by atoms with Crippen molar-refractivity contribution < 1.29 is 43.2 Å². The number of ether oxygens (including phenoxy) is 4. The maximum absolute atomic E-state index is 15.7. The van der Waals surface area contributed by atoms with Gasteiger partial charge in [0.15, 0.2) is 0 Å². The number of amides is 4. The van der Waals surface area contributed by atoms with Crippen LogP contribution in [0.3, 0.4) is 0 Å². The van der Waals surface area contributed by atoms with Gasteiger partial charge in [-0.1, -0.05) is 47.0 Å². The highest BCUT2D eigenvalue weighted by Gasteiger charge is 2.71. The fourth-order valence-electron chi connectivity index (χ4n) is 10.3. The molecular weight excluding hydrogens is 811 g/mol. The van der Waals surface area contributed by atoms with Crippen LogP contribution in [0.25, 0.3) is 0 Å². The van der Waals surface area contributed by atoms with Crippen molar-refractivity contribution >= 4 is 63.9 Å². The van der Waals surface area contributed by atoms with E-state index in [2.05, 4.69) is 10.3 Å². The van der Waals surface area contributed by atoms with E-state index in [1.807, 2.05) is 18.2 Å². The molecule has 5 aliphatic rings. The summed E-state index contributed by atoms with van der Waals surface area (Å²) in [6, 6.07) is 21.9. The Morgan fingerprint density at radius 1 is 0.783 bits per heavy atom. The fourth-order valence-corrected chi connectivity index (χ4v) is 10.7. The van der Waals surface area contributed by atoms with Gasteiger partial charge in [-0.3, -0.25) is 29.5 Å². The maximum atomic E-state index is 15.7. The third-order valence-corrected chi connectivity index (χ3v) is 13.4. The summed E-state index contributed by atoms with van der Waals surface area (Å²) in [5.41, 5.74) is 4.60. The largest absolute Gasteiger partial charge is 0.508 e. The summed E-state index contributed by atoms with van der Waals surface area (Å²) in [4.78, 5) is 63.7. The van der Waals surface area contributed by atoms with Crippen molar-refractivity contribution in [2.45, 2.75) is 24.2 Å². The topological polar surface area (TPSA) is 147 Å². The van der Waals surface area contributed by atoms with Gasteiger partial charge >= 0.3 is 0 Å². The molecule has 4 fully saturated rings. The Bertz CT molecular complexity index is 2410. The number of methoxy groups -OCH3 is 3. The van der Waals surface area contributed by atoms with E-state index < -0.39 is 46.8 Å². The lowest BCUT2D eigenvalue weighted by molar-refractivity contribution is -0.138. The Labute approximate surface area is 356 Å². The van der Waals surface area contributed by atoms with E-state index >= 15 is 9.59 Å². The van der Waals surface area contributed by atoms with Crippen LogP contribution in [-0.4, -0.2) is 81.4 Å². The summed E-state index contributed by atoms with van der Waals surface area (Å²) in [5, 5.41) is 12.4. The van der Waals surface area contributed by atoms with Crippen LogP contribution >= 0.6 is 23.2 Å². The average molecular weight is 854 g/mol. The molecule has 310 valence electrons. The number of carbonyl (C=O) groups is 4. The van der Waals surface area contributed by atoms with Crippen molar-refractivity contribution in [3.8, 4) is 23.0 Å². The number of rotatable bonds is 9. The third kappa shape index (κ3) is 6.08. The van der Waals surface area contributed by atoms with Crippen LogP contribution in [0, 0.1) is 23.7 Å². The lowest BCUT2D eigenvalue weighted by Crippen LogP contribution is -2.53. The van der Waals surface area contributed by atoms with Gasteiger partial charge in [-0.15, -0.1) is 0 Å². The maximum Gasteiger partial charge on any atom is 0.260 e. The zero-order valence-electron chi connectivity index (χ0n) is 33.0. The molecular formula is C45H42Cl2N4O9. The van der Waals surface area contributed by atoms with Crippen LogP contribution in [0.15, 0.2) is 90.5 Å². The van der Waals surface area contributed by atoms with Gasteiger partial charge in [-0.05, 0) is 78.9 Å². The molecule has 4 amide bonds. The van der Waals surface area contributed by atoms with Crippen molar-refractivity contribution in [3.63, 3.8) is 0 Å². The molecule has 2 N–H and O–H groups in total. The summed E-state index contributed by atoms with van der Waals surface area (Å²) in [5.74, 6) is -5.37. The smallest absolute Gasteiger partial charge is 0.260 e. The van der Waals surface area contributed by atoms with Gasteiger partial charge in [0.05, 0.1) is 74.1 Å². The van der Waals surface area contributed by atoms with Crippen molar-refractivity contribution in [1.29, 1.82) is 0 Å². The number of halogens is 2. The standard InChI is InChI=1S/C45H42Cl2N4O9/c1-57-29-11-4-24(5-12-29)45-33(42(54)51(44(45)56)48-35-15-6-25(46)20-34(35)47)23-32-30(40(45)39-36(58-2)21-28(52)22-37(39)59-3)13-14-31-38(32)43(55)50(41(31)53)27-9-7-26(8-10-27)49-16-18-60-19-17-49/h4-13,15,20-22,31-33,38,40,48,52H,14,16-19,23H2,1-3H3. The summed E-state index contributed by atoms with van der Waals surface area (Å²) in [6.07, 6.45) is 2.21. The monoisotopic (exact) mass is 852 g/mol. The first-order chi connectivity index (χ1) is 29.0. The highest BCUT2D eigenvalue weighted by Crippen LogP contribution is 2.66. The number of fused-ring (bicyclic) bond motifs is 4. The Hall–Kier alpha value is -5.76. The second kappa shape index (κ2) is 15.4. The molecule has 6 atom stereocenters. The molecule has 13 nitrogen and oxygen atoms in total. The number of hydrogen-bond donors (Lipinski definition) is 2. The fraction of sp³-hybridized carbons (Fsp3) is 0.333. The predicted molar refractivity (Wildman–Crippen MR) is 224 cm³/mol. The van der Waals surface area contributed by atoms with Gasteiger partial charge < -0.3 is 29.0 Å². The number of allylic oxidation sites excluding steroid dienone is 2. The van der Waals surface area contributed by atoms with E-state index in [0.717, 1.165) is 23.8 Å². The number of hydrazine groups is 1. The minimum atomic E-state index is -1.68. The normalized spacial score (nSPS) is 26.1. The van der Waals surface area contributed by atoms with Crippen LogP contribution in [-0.2, 0) is 29.3 Å². The van der Waals surface area contributed by atoms with Crippen LogP contribution in [0.4, 0.5) is 17.1 Å². The molecule has 2 aliphatic carbocycles. The molecule has 4 aromatic rings. The van der Waals surface area contributed by atoms with Gasteiger partial charge in [0.1, 0.15) is 23.0 Å². The SMILES string of the molecule is COc1ccc(C23C(=O)N(Nc4ccc(Cl)cc4Cl)C(=O)C2CC2C(=CCC4C(=O)N(c5ccc(N6CCOCC6)cc5)C(=O)C42)C3c2c(OC)cc(O)cc2OC)cc1.